The van der Waals surface area contributed by atoms with Gasteiger partial charge in [0.2, 0.25) is 0 Å². The van der Waals surface area contributed by atoms with Gasteiger partial charge in [-0.15, -0.1) is 0 Å². The summed E-state index contributed by atoms with van der Waals surface area (Å²) in [5.74, 6) is -1.28. The van der Waals surface area contributed by atoms with Gasteiger partial charge >= 0.3 is 11.9 Å². The molecule has 2 aliphatic rings. The highest BCUT2D eigenvalue weighted by molar-refractivity contribution is 5.70. The van der Waals surface area contributed by atoms with E-state index in [1.54, 1.807) is 19.1 Å². The van der Waals surface area contributed by atoms with E-state index in [4.69, 9.17) is 14.2 Å². The first-order chi connectivity index (χ1) is 17.7. The summed E-state index contributed by atoms with van der Waals surface area (Å²) in [6.45, 7) is 12.6. The Labute approximate surface area is 227 Å². The van der Waals surface area contributed by atoms with E-state index in [1.165, 1.54) is 6.92 Å². The van der Waals surface area contributed by atoms with Gasteiger partial charge in [-0.2, -0.15) is 0 Å². The molecule has 8 heteroatoms. The molecule has 1 saturated heterocycles. The number of carbonyl (C=O) groups excluding carboxylic acids is 2. The maximum Gasteiger partial charge on any atom is 0.309 e. The fourth-order valence-corrected chi connectivity index (χ4v) is 5.13. The number of aliphatic hydroxyl groups excluding tert-OH is 2. The molecule has 0 spiro atoms. The van der Waals surface area contributed by atoms with Crippen molar-refractivity contribution in [2.45, 2.75) is 129 Å². The van der Waals surface area contributed by atoms with Gasteiger partial charge in [-0.25, -0.2) is 0 Å². The average molecular weight is 537 g/mol. The van der Waals surface area contributed by atoms with Gasteiger partial charge < -0.3 is 29.5 Å². The van der Waals surface area contributed by atoms with Gasteiger partial charge in [-0.3, -0.25) is 9.59 Å². The first-order valence-electron chi connectivity index (χ1n) is 13.8. The minimum Gasteiger partial charge on any atom is -0.457 e. The summed E-state index contributed by atoms with van der Waals surface area (Å²) >= 11 is 0. The number of allylic oxidation sites excluding steroid dienone is 2. The fraction of sp³-hybridized carbons (Fsp3) is 0.733. The summed E-state index contributed by atoms with van der Waals surface area (Å²) in [5, 5.41) is 31.5. The zero-order chi connectivity index (χ0) is 28.7. The zero-order valence-electron chi connectivity index (χ0n) is 24.1. The van der Waals surface area contributed by atoms with Crippen LogP contribution in [0.5, 0.6) is 0 Å². The summed E-state index contributed by atoms with van der Waals surface area (Å²) in [7, 11) is 0. The molecular weight excluding hydrogens is 488 g/mol. The van der Waals surface area contributed by atoms with Crippen molar-refractivity contribution < 1.29 is 39.1 Å². The molecule has 0 radical (unpaired) electrons. The maximum absolute atomic E-state index is 12.6. The van der Waals surface area contributed by atoms with E-state index in [1.807, 2.05) is 52.8 Å². The lowest BCUT2D eigenvalue weighted by molar-refractivity contribution is -0.157. The highest BCUT2D eigenvalue weighted by Gasteiger charge is 2.38. The van der Waals surface area contributed by atoms with Crippen molar-refractivity contribution in [1.82, 2.24) is 0 Å². The van der Waals surface area contributed by atoms with Crippen LogP contribution < -0.4 is 0 Å². The second-order valence-electron chi connectivity index (χ2n) is 11.6. The van der Waals surface area contributed by atoms with E-state index in [2.05, 4.69) is 0 Å². The molecule has 0 aromatic rings. The number of esters is 2. The number of hydrogen-bond donors (Lipinski definition) is 3. The van der Waals surface area contributed by atoms with Crippen LogP contribution in [-0.2, 0) is 23.8 Å². The molecule has 0 aromatic carbocycles. The highest BCUT2D eigenvalue weighted by atomic mass is 16.6. The summed E-state index contributed by atoms with van der Waals surface area (Å²) < 4.78 is 17.5. The fourth-order valence-electron chi connectivity index (χ4n) is 5.13. The summed E-state index contributed by atoms with van der Waals surface area (Å²) in [6, 6.07) is 0. The van der Waals surface area contributed by atoms with Gasteiger partial charge in [0.15, 0.2) is 0 Å². The molecule has 9 unspecified atom stereocenters. The average Bonchev–Trinajstić information content (AvgIpc) is 3.23. The SMILES string of the molecule is CCC(O)C(C)C1CCC(C)(/C=C/C=C(\C)C2OC(=O)CC(O)CCC(C)(O)C(OC(C)=O)/C=C\C2C)O1. The number of ether oxygens (including phenoxy) is 3. The predicted molar refractivity (Wildman–Crippen MR) is 145 cm³/mol. The molecular formula is C30H48O8. The second-order valence-corrected chi connectivity index (χ2v) is 11.6. The Kier molecular flexibility index (Phi) is 11.8. The van der Waals surface area contributed by atoms with E-state index < -0.39 is 41.5 Å². The molecule has 216 valence electrons. The van der Waals surface area contributed by atoms with Crippen molar-refractivity contribution in [1.29, 1.82) is 0 Å². The molecule has 0 aliphatic carbocycles. The van der Waals surface area contributed by atoms with Crippen molar-refractivity contribution in [3.63, 3.8) is 0 Å². The number of hydrogen-bond acceptors (Lipinski definition) is 8. The summed E-state index contributed by atoms with van der Waals surface area (Å²) in [4.78, 5) is 24.3. The first kappa shape index (κ1) is 32.2. The Morgan fingerprint density at radius 2 is 1.92 bits per heavy atom. The lowest BCUT2D eigenvalue weighted by Crippen LogP contribution is -2.42. The molecule has 8 nitrogen and oxygen atoms in total. The van der Waals surface area contributed by atoms with E-state index in [-0.39, 0.29) is 43.3 Å². The Balaban J connectivity index is 2.24. The number of aliphatic hydroxyl groups is 3. The maximum atomic E-state index is 12.6. The molecule has 2 heterocycles. The molecule has 1 fully saturated rings. The summed E-state index contributed by atoms with van der Waals surface area (Å²) in [5.41, 5.74) is -1.07. The quantitative estimate of drug-likeness (QED) is 0.252. The molecule has 2 aliphatic heterocycles. The van der Waals surface area contributed by atoms with Crippen LogP contribution in [0.3, 0.4) is 0 Å². The van der Waals surface area contributed by atoms with Crippen molar-refractivity contribution >= 4 is 11.9 Å². The van der Waals surface area contributed by atoms with Crippen LogP contribution in [0.25, 0.3) is 0 Å². The smallest absolute Gasteiger partial charge is 0.309 e. The standard InChI is InChI=1S/C30H48O8/c1-8-24(33)21(4)25-14-16-29(6,38-25)15-9-10-19(2)28-20(3)11-12-26(36-22(5)31)30(7,35)17-13-23(32)18-27(34)37-28/h9-12,15,20-21,23-26,28,32-33,35H,8,13-14,16-18H2,1-7H3/b12-11-,15-9+,19-10+. The molecule has 0 saturated carbocycles. The van der Waals surface area contributed by atoms with E-state index in [0.29, 0.717) is 6.42 Å². The number of rotatable bonds is 7. The molecule has 0 amide bonds. The van der Waals surface area contributed by atoms with Crippen LogP contribution in [0.4, 0.5) is 0 Å². The van der Waals surface area contributed by atoms with E-state index in [0.717, 1.165) is 18.4 Å². The number of cyclic esters (lactones) is 1. The van der Waals surface area contributed by atoms with Gasteiger partial charge in [0.05, 0.1) is 30.3 Å². The topological polar surface area (TPSA) is 123 Å². The van der Waals surface area contributed by atoms with Crippen LogP contribution in [0.1, 0.15) is 87.0 Å². The third-order valence-corrected chi connectivity index (χ3v) is 7.83. The van der Waals surface area contributed by atoms with Crippen molar-refractivity contribution in [2.75, 3.05) is 0 Å². The second kappa shape index (κ2) is 13.9. The third-order valence-electron chi connectivity index (χ3n) is 7.83. The Bertz CT molecular complexity index is 891. The Morgan fingerprint density at radius 1 is 1.24 bits per heavy atom. The molecule has 0 aromatic heterocycles. The van der Waals surface area contributed by atoms with Crippen LogP contribution in [0.2, 0.25) is 0 Å². The Hall–Kier alpha value is -2.00. The van der Waals surface area contributed by atoms with Crippen LogP contribution in [0.15, 0.2) is 36.0 Å². The highest BCUT2D eigenvalue weighted by Crippen LogP contribution is 2.36. The number of carbonyl (C=O) groups is 2. The lowest BCUT2D eigenvalue weighted by atomic mass is 9.88. The van der Waals surface area contributed by atoms with Gasteiger partial charge in [0.1, 0.15) is 17.8 Å². The minimum absolute atomic E-state index is 0.00379. The van der Waals surface area contributed by atoms with E-state index in [9.17, 15) is 24.9 Å². The minimum atomic E-state index is -1.41. The van der Waals surface area contributed by atoms with Crippen molar-refractivity contribution in [3.8, 4) is 0 Å². The first-order valence-corrected chi connectivity index (χ1v) is 13.8. The third kappa shape index (κ3) is 9.33. The van der Waals surface area contributed by atoms with Crippen LogP contribution >= 0.6 is 0 Å². The van der Waals surface area contributed by atoms with Crippen molar-refractivity contribution in [3.05, 3.63) is 36.0 Å². The van der Waals surface area contributed by atoms with Gasteiger partial charge in [-0.1, -0.05) is 45.1 Å². The molecule has 0 bridgehead atoms. The summed E-state index contributed by atoms with van der Waals surface area (Å²) in [6.07, 6.45) is 8.80. The largest absolute Gasteiger partial charge is 0.457 e. The molecule has 2 rings (SSSR count). The molecule has 9 atom stereocenters. The van der Waals surface area contributed by atoms with Crippen LogP contribution in [-0.4, -0.2) is 69.0 Å². The van der Waals surface area contributed by atoms with Crippen molar-refractivity contribution in [2.24, 2.45) is 11.8 Å². The molecule has 3 N–H and O–H groups in total. The van der Waals surface area contributed by atoms with Crippen LogP contribution in [0, 0.1) is 11.8 Å². The van der Waals surface area contributed by atoms with Gasteiger partial charge in [0, 0.05) is 18.8 Å². The Morgan fingerprint density at radius 3 is 2.55 bits per heavy atom. The zero-order valence-corrected chi connectivity index (χ0v) is 24.1. The normalized spacial score (nSPS) is 38.1. The predicted octanol–water partition coefficient (Wildman–Crippen LogP) is 4.17. The van der Waals surface area contributed by atoms with E-state index >= 15 is 0 Å². The lowest BCUT2D eigenvalue weighted by Gasteiger charge is -2.32. The monoisotopic (exact) mass is 536 g/mol. The molecule has 38 heavy (non-hydrogen) atoms. The van der Waals surface area contributed by atoms with Gasteiger partial charge in [-0.05, 0) is 64.5 Å². The van der Waals surface area contributed by atoms with Gasteiger partial charge in [0.25, 0.3) is 0 Å².